The molecule has 24 heavy (non-hydrogen) atoms. The van der Waals surface area contributed by atoms with Gasteiger partial charge < -0.3 is 14.7 Å². The van der Waals surface area contributed by atoms with Gasteiger partial charge in [0.05, 0.1) is 18.6 Å². The van der Waals surface area contributed by atoms with E-state index in [0.29, 0.717) is 13.0 Å². The van der Waals surface area contributed by atoms with Crippen molar-refractivity contribution in [3.8, 4) is 5.75 Å². The number of rotatable bonds is 2. The van der Waals surface area contributed by atoms with E-state index in [2.05, 4.69) is 12.1 Å². The molecule has 1 aromatic carbocycles. The number of carbonyl (C=O) groups is 2. The van der Waals surface area contributed by atoms with Crippen LogP contribution in [-0.2, 0) is 21.5 Å². The summed E-state index contributed by atoms with van der Waals surface area (Å²) in [6.45, 7) is 2.73. The number of hydrogen-bond donors (Lipinski definition) is 1. The van der Waals surface area contributed by atoms with Gasteiger partial charge in [-0.05, 0) is 48.4 Å². The molecule has 1 N–H and O–H groups in total. The van der Waals surface area contributed by atoms with Crippen molar-refractivity contribution >= 4 is 11.9 Å². The fraction of sp³-hybridized carbons (Fsp3) is 0.579. The van der Waals surface area contributed by atoms with E-state index in [0.717, 1.165) is 30.6 Å². The minimum atomic E-state index is -0.765. The van der Waals surface area contributed by atoms with Crippen molar-refractivity contribution in [1.82, 2.24) is 4.90 Å². The number of nitrogens with zero attached hydrogens (tertiary/aromatic N) is 1. The van der Waals surface area contributed by atoms with Gasteiger partial charge in [0.2, 0.25) is 5.91 Å². The molecule has 0 aromatic heterocycles. The van der Waals surface area contributed by atoms with Crippen molar-refractivity contribution in [2.24, 2.45) is 17.8 Å². The molecular weight excluding hydrogens is 306 g/mol. The highest BCUT2D eigenvalue weighted by molar-refractivity contribution is 5.84. The van der Waals surface area contributed by atoms with Crippen LogP contribution in [0.3, 0.4) is 0 Å². The average molecular weight is 329 g/mol. The Bertz CT molecular complexity index is 715. The number of carboxylic acids is 1. The van der Waals surface area contributed by atoms with Crippen LogP contribution in [0, 0.1) is 17.8 Å². The zero-order chi connectivity index (χ0) is 17.1. The second-order valence-corrected chi connectivity index (χ2v) is 7.45. The molecule has 1 aromatic rings. The van der Waals surface area contributed by atoms with Crippen LogP contribution in [0.4, 0.5) is 0 Å². The third-order valence-electron chi connectivity index (χ3n) is 6.36. The Morgan fingerprint density at radius 1 is 1.42 bits per heavy atom. The average Bonchev–Trinajstić information content (AvgIpc) is 2.89. The molecule has 5 nitrogen and oxygen atoms in total. The molecule has 5 heteroatoms. The van der Waals surface area contributed by atoms with Crippen LogP contribution in [0.1, 0.15) is 37.3 Å². The lowest BCUT2D eigenvalue weighted by atomic mass is 9.76. The minimum absolute atomic E-state index is 0.0659. The monoisotopic (exact) mass is 329 g/mol. The van der Waals surface area contributed by atoms with Crippen LogP contribution in [0.5, 0.6) is 5.75 Å². The molecule has 2 aliphatic heterocycles. The third kappa shape index (κ3) is 1.87. The molecule has 1 spiro atoms. The molecule has 0 radical (unpaired) electrons. The molecule has 2 unspecified atom stereocenters. The molecule has 128 valence electrons. The van der Waals surface area contributed by atoms with E-state index in [9.17, 15) is 14.7 Å². The molecule has 3 aliphatic rings. The molecule has 1 amide bonds. The topological polar surface area (TPSA) is 66.8 Å². The second-order valence-electron chi connectivity index (χ2n) is 7.45. The third-order valence-corrected chi connectivity index (χ3v) is 6.36. The highest BCUT2D eigenvalue weighted by Crippen LogP contribution is 2.60. The van der Waals surface area contributed by atoms with Gasteiger partial charge in [-0.2, -0.15) is 0 Å². The second kappa shape index (κ2) is 5.23. The molecule has 1 saturated carbocycles. The lowest BCUT2D eigenvalue weighted by Gasteiger charge is -2.39. The Balaban J connectivity index is 1.92. The van der Waals surface area contributed by atoms with Crippen LogP contribution in [0.25, 0.3) is 0 Å². The van der Waals surface area contributed by atoms with Gasteiger partial charge in [-0.1, -0.05) is 13.0 Å². The normalized spacial score (nSPS) is 34.3. The van der Waals surface area contributed by atoms with Crippen molar-refractivity contribution in [2.45, 2.75) is 38.1 Å². The van der Waals surface area contributed by atoms with Gasteiger partial charge in [0.25, 0.3) is 0 Å². The number of carboxylic acid groups (broad SMARTS) is 1. The summed E-state index contributed by atoms with van der Waals surface area (Å²) in [6, 6.07) is 6.07. The molecule has 2 fully saturated rings. The standard InChI is InChI=1S/C19H23NO4/c1-11-10-19-14-6-5-13(24-2)8-12(14)4-3-7-20(19)16(21)9-15(19)17(11)18(22)23/h5-6,8,11,15,17H,3-4,7,9-10H2,1-2H3,(H,22,23)/t11?,15?,17-,19+/m1/s1. The lowest BCUT2D eigenvalue weighted by molar-refractivity contribution is -0.144. The van der Waals surface area contributed by atoms with Crippen LogP contribution >= 0.6 is 0 Å². The summed E-state index contributed by atoms with van der Waals surface area (Å²) in [5, 5.41) is 9.75. The largest absolute Gasteiger partial charge is 0.497 e. The number of hydrogen-bond acceptors (Lipinski definition) is 3. The fourth-order valence-corrected chi connectivity index (χ4v) is 5.54. The molecule has 1 aliphatic carbocycles. The highest BCUT2D eigenvalue weighted by atomic mass is 16.5. The molecule has 1 saturated heterocycles. The van der Waals surface area contributed by atoms with Crippen molar-refractivity contribution in [3.63, 3.8) is 0 Å². The summed E-state index contributed by atoms with van der Waals surface area (Å²) in [4.78, 5) is 26.6. The van der Waals surface area contributed by atoms with E-state index in [1.807, 2.05) is 17.9 Å². The molecular formula is C19H23NO4. The van der Waals surface area contributed by atoms with Gasteiger partial charge in [0.15, 0.2) is 0 Å². The zero-order valence-electron chi connectivity index (χ0n) is 14.1. The first-order valence-electron chi connectivity index (χ1n) is 8.69. The Hall–Kier alpha value is -2.04. The Morgan fingerprint density at radius 2 is 2.21 bits per heavy atom. The molecule has 2 heterocycles. The van der Waals surface area contributed by atoms with Crippen LogP contribution in [0.15, 0.2) is 18.2 Å². The van der Waals surface area contributed by atoms with Crippen molar-refractivity contribution < 1.29 is 19.4 Å². The molecule has 4 rings (SSSR count). The smallest absolute Gasteiger partial charge is 0.307 e. The quantitative estimate of drug-likeness (QED) is 0.905. The predicted octanol–water partition coefficient (Wildman–Crippen LogP) is 2.43. The highest BCUT2D eigenvalue weighted by Gasteiger charge is 2.64. The first-order valence-corrected chi connectivity index (χ1v) is 8.69. The van der Waals surface area contributed by atoms with Gasteiger partial charge in [-0.3, -0.25) is 9.59 Å². The SMILES string of the molecule is COc1ccc2c(c1)CCCN1C(=O)CC3[C@H](C(=O)O)C(C)C[C@]231. The summed E-state index contributed by atoms with van der Waals surface area (Å²) in [5.74, 6) is -0.355. The van der Waals surface area contributed by atoms with E-state index < -0.39 is 17.4 Å². The Morgan fingerprint density at radius 3 is 2.92 bits per heavy atom. The zero-order valence-corrected chi connectivity index (χ0v) is 14.1. The van der Waals surface area contributed by atoms with E-state index >= 15 is 0 Å². The number of ether oxygens (including phenoxy) is 1. The fourth-order valence-electron chi connectivity index (χ4n) is 5.54. The van der Waals surface area contributed by atoms with Gasteiger partial charge in [-0.25, -0.2) is 0 Å². The summed E-state index contributed by atoms with van der Waals surface area (Å²) in [7, 11) is 1.66. The maximum absolute atomic E-state index is 12.7. The number of aliphatic carboxylic acids is 1. The van der Waals surface area contributed by atoms with Gasteiger partial charge in [-0.15, -0.1) is 0 Å². The van der Waals surface area contributed by atoms with Gasteiger partial charge in [0.1, 0.15) is 5.75 Å². The number of benzene rings is 1. The van der Waals surface area contributed by atoms with Crippen LogP contribution in [-0.4, -0.2) is 35.5 Å². The number of fused-ring (bicyclic) bond motifs is 1. The number of methoxy groups -OCH3 is 1. The summed E-state index contributed by atoms with van der Waals surface area (Å²) in [5.41, 5.74) is 1.90. The van der Waals surface area contributed by atoms with E-state index in [-0.39, 0.29) is 17.7 Å². The number of carbonyl (C=O) groups excluding carboxylic acids is 1. The van der Waals surface area contributed by atoms with Crippen molar-refractivity contribution in [1.29, 1.82) is 0 Å². The lowest BCUT2D eigenvalue weighted by Crippen LogP contribution is -2.45. The van der Waals surface area contributed by atoms with Crippen molar-refractivity contribution in [2.75, 3.05) is 13.7 Å². The molecule has 0 bridgehead atoms. The van der Waals surface area contributed by atoms with Crippen LogP contribution in [0.2, 0.25) is 0 Å². The summed E-state index contributed by atoms with van der Waals surface area (Å²) < 4.78 is 5.37. The molecule has 4 atom stereocenters. The van der Waals surface area contributed by atoms with Gasteiger partial charge >= 0.3 is 5.97 Å². The summed E-state index contributed by atoms with van der Waals surface area (Å²) >= 11 is 0. The van der Waals surface area contributed by atoms with E-state index in [1.165, 1.54) is 5.56 Å². The first-order chi connectivity index (χ1) is 11.5. The predicted molar refractivity (Wildman–Crippen MR) is 87.7 cm³/mol. The Labute approximate surface area is 141 Å². The minimum Gasteiger partial charge on any atom is -0.497 e. The number of amides is 1. The number of aryl methyl sites for hydroxylation is 1. The van der Waals surface area contributed by atoms with Gasteiger partial charge in [0, 0.05) is 18.9 Å². The summed E-state index contributed by atoms with van der Waals surface area (Å²) in [6.07, 6.45) is 2.90. The van der Waals surface area contributed by atoms with E-state index in [1.54, 1.807) is 7.11 Å². The van der Waals surface area contributed by atoms with Crippen LogP contribution < -0.4 is 4.74 Å². The first kappa shape index (κ1) is 15.5. The maximum atomic E-state index is 12.7. The van der Waals surface area contributed by atoms with Crippen molar-refractivity contribution in [3.05, 3.63) is 29.3 Å². The maximum Gasteiger partial charge on any atom is 0.307 e. The Kier molecular flexibility index (Phi) is 3.37. The van der Waals surface area contributed by atoms with E-state index in [4.69, 9.17) is 4.74 Å².